The summed E-state index contributed by atoms with van der Waals surface area (Å²) in [5.74, 6) is -0.703. The fourth-order valence-electron chi connectivity index (χ4n) is 3.18. The van der Waals surface area contributed by atoms with Gasteiger partial charge in [-0.1, -0.05) is 0 Å². The van der Waals surface area contributed by atoms with Crippen molar-refractivity contribution in [1.82, 2.24) is 19.3 Å². The maximum Gasteiger partial charge on any atom is 0.416 e. The first kappa shape index (κ1) is 20.1. The van der Waals surface area contributed by atoms with Crippen LogP contribution in [0.4, 0.5) is 13.2 Å². The summed E-state index contributed by atoms with van der Waals surface area (Å²) in [6.45, 7) is 0. The van der Waals surface area contributed by atoms with Crippen molar-refractivity contribution in [2.24, 2.45) is 11.4 Å². The molecule has 0 atom stereocenters. The second-order valence-corrected chi connectivity index (χ2v) is 9.61. The van der Waals surface area contributed by atoms with E-state index in [9.17, 15) is 22.2 Å². The Morgan fingerprint density at radius 3 is 2.37 bits per heavy atom. The normalized spacial score (nSPS) is 12.6. The molecule has 0 saturated carbocycles. The van der Waals surface area contributed by atoms with Crippen LogP contribution < -0.4 is 0 Å². The van der Waals surface area contributed by atoms with Crippen LogP contribution in [-0.2, 0) is 23.0 Å². The number of rotatable bonds is 2. The quantitative estimate of drug-likeness (QED) is 0.480. The highest BCUT2D eigenvalue weighted by atomic mass is 32.2. The molecule has 7 nitrogen and oxygen atoms in total. The summed E-state index contributed by atoms with van der Waals surface area (Å²) in [5.41, 5.74) is 1.23. The van der Waals surface area contributed by atoms with Crippen molar-refractivity contribution >= 4 is 37.7 Å². The van der Waals surface area contributed by atoms with Gasteiger partial charge < -0.3 is 0 Å². The zero-order chi connectivity index (χ0) is 21.8. The first-order valence-corrected chi connectivity index (χ1v) is 11.0. The molecule has 0 N–H and O–H groups in total. The van der Waals surface area contributed by atoms with Crippen LogP contribution in [0.1, 0.15) is 16.1 Å². The zero-order valence-corrected chi connectivity index (χ0v) is 17.0. The predicted molar refractivity (Wildman–Crippen MR) is 107 cm³/mol. The van der Waals surface area contributed by atoms with Gasteiger partial charge in [-0.15, -0.1) is 0 Å². The maximum absolute atomic E-state index is 12.9. The molecule has 0 spiro atoms. The van der Waals surface area contributed by atoms with E-state index in [1.165, 1.54) is 30.7 Å². The van der Waals surface area contributed by atoms with Crippen LogP contribution in [0.3, 0.4) is 0 Å². The fraction of sp³-hybridized carbons (Fsp3) is 0.211. The fourth-order valence-corrected chi connectivity index (χ4v) is 3.67. The number of benzene rings is 1. The summed E-state index contributed by atoms with van der Waals surface area (Å²) in [4.78, 5) is 16.7. The van der Waals surface area contributed by atoms with Crippen LogP contribution in [0, 0.1) is 0 Å². The van der Waals surface area contributed by atoms with Gasteiger partial charge in [0.1, 0.15) is 11.2 Å². The van der Waals surface area contributed by atoms with Crippen molar-refractivity contribution in [1.29, 1.82) is 0 Å². The number of halogens is 3. The molecule has 4 aromatic rings. The molecule has 30 heavy (non-hydrogen) atoms. The molecule has 0 bridgehead atoms. The van der Waals surface area contributed by atoms with Crippen molar-refractivity contribution in [3.63, 3.8) is 0 Å². The predicted octanol–water partition coefficient (Wildman–Crippen LogP) is 3.80. The monoisotopic (exact) mass is 435 g/mol. The van der Waals surface area contributed by atoms with E-state index in [2.05, 4.69) is 14.4 Å². The molecule has 0 fully saturated rings. The number of hydrogen-bond acceptors (Lipinski definition) is 4. The molecule has 0 aliphatic carbocycles. The van der Waals surface area contributed by atoms with E-state index in [-0.39, 0.29) is 5.69 Å². The lowest BCUT2D eigenvalue weighted by Crippen LogP contribution is -2.05. The number of amides is 1. The third-order valence-corrected chi connectivity index (χ3v) is 4.97. The Morgan fingerprint density at radius 2 is 1.77 bits per heavy atom. The van der Waals surface area contributed by atoms with Crippen molar-refractivity contribution in [2.75, 3.05) is 12.5 Å². The largest absolute Gasteiger partial charge is 0.416 e. The molecule has 0 aliphatic heterocycles. The third-order valence-electron chi connectivity index (χ3n) is 4.37. The minimum Gasteiger partial charge on any atom is -0.291 e. The average molecular weight is 435 g/mol. The molecule has 0 unspecified atom stereocenters. The van der Waals surface area contributed by atoms with E-state index >= 15 is 0 Å². The highest BCUT2D eigenvalue weighted by Crippen LogP contribution is 2.33. The van der Waals surface area contributed by atoms with Gasteiger partial charge in [-0.2, -0.15) is 22.6 Å². The van der Waals surface area contributed by atoms with E-state index in [0.717, 1.165) is 12.1 Å². The second kappa shape index (κ2) is 6.66. The van der Waals surface area contributed by atoms with Crippen LogP contribution in [0.15, 0.2) is 47.0 Å². The number of fused-ring (bicyclic) bond motifs is 3. The minimum absolute atomic E-state index is 0.0225. The summed E-state index contributed by atoms with van der Waals surface area (Å²) >= 11 is 0. The van der Waals surface area contributed by atoms with Gasteiger partial charge in [0, 0.05) is 41.2 Å². The van der Waals surface area contributed by atoms with Gasteiger partial charge in [0.05, 0.1) is 16.5 Å². The molecular weight excluding hydrogens is 419 g/mol. The SMILES string of the molecule is Cn1cc2c3nc(C(=O)N=S(C)(C)=O)ccc3n(-c3ccc(C(F)(F)F)cc3)c2n1. The second-order valence-electron chi connectivity index (χ2n) is 7.06. The van der Waals surface area contributed by atoms with Crippen LogP contribution in [-0.4, -0.2) is 42.0 Å². The van der Waals surface area contributed by atoms with E-state index in [4.69, 9.17) is 0 Å². The number of carbonyl (C=O) groups excluding carboxylic acids is 1. The maximum atomic E-state index is 12.9. The Kier molecular flexibility index (Phi) is 4.46. The molecule has 0 radical (unpaired) electrons. The highest BCUT2D eigenvalue weighted by Gasteiger charge is 2.30. The van der Waals surface area contributed by atoms with E-state index in [0.29, 0.717) is 27.8 Å². The van der Waals surface area contributed by atoms with Gasteiger partial charge in [-0.3, -0.25) is 14.0 Å². The Balaban J connectivity index is 1.94. The summed E-state index contributed by atoms with van der Waals surface area (Å²) in [6, 6.07) is 7.77. The summed E-state index contributed by atoms with van der Waals surface area (Å²) in [7, 11) is -0.940. The molecule has 1 amide bonds. The smallest absolute Gasteiger partial charge is 0.291 e. The summed E-state index contributed by atoms with van der Waals surface area (Å²) in [5, 5.41) is 5.02. The molecule has 1 aromatic carbocycles. The molecule has 3 aromatic heterocycles. The lowest BCUT2D eigenvalue weighted by molar-refractivity contribution is -0.137. The summed E-state index contributed by atoms with van der Waals surface area (Å²) < 4.78 is 57.5. The van der Waals surface area contributed by atoms with E-state index in [1.54, 1.807) is 28.6 Å². The first-order valence-electron chi connectivity index (χ1n) is 8.68. The number of aryl methyl sites for hydroxylation is 1. The van der Waals surface area contributed by atoms with Gasteiger partial charge in [0.25, 0.3) is 0 Å². The Bertz CT molecular complexity index is 1420. The van der Waals surface area contributed by atoms with E-state index < -0.39 is 27.4 Å². The molecule has 0 aliphatic rings. The number of nitrogens with zero attached hydrogens (tertiary/aromatic N) is 5. The van der Waals surface area contributed by atoms with Gasteiger partial charge in [0.15, 0.2) is 5.65 Å². The average Bonchev–Trinajstić information content (AvgIpc) is 3.14. The molecular formula is C19H16F3N5O2S. The summed E-state index contributed by atoms with van der Waals surface area (Å²) in [6.07, 6.45) is -0.0254. The number of alkyl halides is 3. The lowest BCUT2D eigenvalue weighted by Gasteiger charge is -2.10. The van der Waals surface area contributed by atoms with Crippen LogP contribution >= 0.6 is 0 Å². The van der Waals surface area contributed by atoms with Crippen molar-refractivity contribution in [3.05, 3.63) is 53.9 Å². The molecule has 3 heterocycles. The molecule has 11 heteroatoms. The third kappa shape index (κ3) is 3.56. The standard InChI is InChI=1S/C19H16F3N5O2S/c1-26-10-13-16-15(9-8-14(23-16)18(28)25-30(2,3)29)27(17(13)24-26)12-6-4-11(5-7-12)19(20,21)22/h4-10H,1-3H3. The van der Waals surface area contributed by atoms with Crippen LogP contribution in [0.5, 0.6) is 0 Å². The van der Waals surface area contributed by atoms with Gasteiger partial charge in [0.2, 0.25) is 0 Å². The zero-order valence-electron chi connectivity index (χ0n) is 16.1. The van der Waals surface area contributed by atoms with Gasteiger partial charge in [-0.25, -0.2) is 9.19 Å². The van der Waals surface area contributed by atoms with Crippen molar-refractivity contribution in [3.8, 4) is 5.69 Å². The lowest BCUT2D eigenvalue weighted by atomic mass is 10.2. The van der Waals surface area contributed by atoms with E-state index in [1.807, 2.05) is 0 Å². The highest BCUT2D eigenvalue weighted by molar-refractivity contribution is 7.92. The van der Waals surface area contributed by atoms with Crippen molar-refractivity contribution in [2.45, 2.75) is 6.18 Å². The number of carbonyl (C=O) groups is 1. The topological polar surface area (TPSA) is 82.1 Å². The number of pyridine rings is 1. The Hall–Kier alpha value is -3.21. The van der Waals surface area contributed by atoms with Crippen LogP contribution in [0.25, 0.3) is 27.8 Å². The first-order chi connectivity index (χ1) is 13.9. The van der Waals surface area contributed by atoms with Crippen molar-refractivity contribution < 1.29 is 22.2 Å². The number of hydrogen-bond donors (Lipinski definition) is 0. The number of aromatic nitrogens is 4. The molecule has 4 rings (SSSR count). The minimum atomic E-state index is -4.44. The van der Waals surface area contributed by atoms with Gasteiger partial charge in [-0.05, 0) is 36.4 Å². The Labute approximate surface area is 169 Å². The Morgan fingerprint density at radius 1 is 1.10 bits per heavy atom. The van der Waals surface area contributed by atoms with Gasteiger partial charge >= 0.3 is 12.1 Å². The van der Waals surface area contributed by atoms with Crippen LogP contribution in [0.2, 0.25) is 0 Å². The molecule has 0 saturated heterocycles. The molecule has 156 valence electrons.